The monoisotopic (exact) mass is 341 g/mol. The van der Waals surface area contributed by atoms with Crippen molar-refractivity contribution in [2.75, 3.05) is 6.54 Å². The number of nitrogens with zero attached hydrogens (tertiary/aromatic N) is 2. The summed E-state index contributed by atoms with van der Waals surface area (Å²) < 4.78 is 2.13. The molecule has 24 heavy (non-hydrogen) atoms. The molecule has 0 bridgehead atoms. The van der Waals surface area contributed by atoms with Gasteiger partial charge >= 0.3 is 0 Å². The van der Waals surface area contributed by atoms with Gasteiger partial charge in [0.25, 0.3) is 0 Å². The highest BCUT2D eigenvalue weighted by atomic mass is 35.5. The molecule has 0 spiro atoms. The minimum atomic E-state index is 0.0389. The van der Waals surface area contributed by atoms with E-state index < -0.39 is 0 Å². The molecule has 1 amide bonds. The van der Waals surface area contributed by atoms with Crippen molar-refractivity contribution in [2.24, 2.45) is 0 Å². The standard InChI is InChI=1S/C19H20ClN3O/c1-14-22-17-8-4-5-9-18(17)23(14)13-12-21-19(24)11-10-15-6-2-3-7-16(15)20/h2-9H,10-13H2,1H3,(H,21,24). The fraction of sp³-hybridized carbons (Fsp3) is 0.263. The van der Waals surface area contributed by atoms with Gasteiger partial charge in [-0.2, -0.15) is 0 Å². The number of hydrogen-bond acceptors (Lipinski definition) is 2. The molecule has 5 heteroatoms. The first-order chi connectivity index (χ1) is 11.6. The number of benzene rings is 2. The smallest absolute Gasteiger partial charge is 0.220 e. The average molecular weight is 342 g/mol. The predicted molar refractivity (Wildman–Crippen MR) is 97.3 cm³/mol. The van der Waals surface area contributed by atoms with E-state index in [1.54, 1.807) is 0 Å². The fourth-order valence-corrected chi connectivity index (χ4v) is 3.05. The van der Waals surface area contributed by atoms with Gasteiger partial charge in [0.15, 0.2) is 0 Å². The van der Waals surface area contributed by atoms with Crippen molar-refractivity contribution in [1.82, 2.24) is 14.9 Å². The maximum atomic E-state index is 12.0. The number of halogens is 1. The number of aromatic nitrogens is 2. The lowest BCUT2D eigenvalue weighted by molar-refractivity contribution is -0.121. The Morgan fingerprint density at radius 3 is 2.75 bits per heavy atom. The number of hydrogen-bond donors (Lipinski definition) is 1. The predicted octanol–water partition coefficient (Wildman–Crippen LogP) is 3.75. The Balaban J connectivity index is 1.51. The minimum Gasteiger partial charge on any atom is -0.354 e. The first kappa shape index (κ1) is 16.5. The van der Waals surface area contributed by atoms with Gasteiger partial charge in [0, 0.05) is 24.5 Å². The highest BCUT2D eigenvalue weighted by molar-refractivity contribution is 6.31. The van der Waals surface area contributed by atoms with Crippen LogP contribution < -0.4 is 5.32 Å². The van der Waals surface area contributed by atoms with Crippen LogP contribution in [0.4, 0.5) is 0 Å². The van der Waals surface area contributed by atoms with E-state index in [0.717, 1.165) is 22.4 Å². The Kier molecular flexibility index (Phi) is 5.16. The third-order valence-corrected chi connectivity index (χ3v) is 4.45. The number of carbonyl (C=O) groups excluding carboxylic acids is 1. The zero-order valence-electron chi connectivity index (χ0n) is 13.6. The molecule has 4 nitrogen and oxygen atoms in total. The average Bonchev–Trinajstić information content (AvgIpc) is 2.90. The molecular formula is C19H20ClN3O. The van der Waals surface area contributed by atoms with Crippen molar-refractivity contribution in [1.29, 1.82) is 0 Å². The molecular weight excluding hydrogens is 322 g/mol. The van der Waals surface area contributed by atoms with Crippen LogP contribution in [-0.4, -0.2) is 22.0 Å². The first-order valence-corrected chi connectivity index (χ1v) is 8.45. The summed E-state index contributed by atoms with van der Waals surface area (Å²) in [6, 6.07) is 15.7. The van der Waals surface area contributed by atoms with Crippen LogP contribution in [0.15, 0.2) is 48.5 Å². The second-order valence-electron chi connectivity index (χ2n) is 5.74. The third-order valence-electron chi connectivity index (χ3n) is 4.08. The molecule has 0 aliphatic rings. The summed E-state index contributed by atoms with van der Waals surface area (Å²) in [6.07, 6.45) is 1.09. The fourth-order valence-electron chi connectivity index (χ4n) is 2.82. The molecule has 0 unspecified atom stereocenters. The van der Waals surface area contributed by atoms with Gasteiger partial charge < -0.3 is 9.88 Å². The van der Waals surface area contributed by atoms with Crippen molar-refractivity contribution in [3.05, 3.63) is 64.9 Å². The Morgan fingerprint density at radius 2 is 1.92 bits per heavy atom. The van der Waals surface area contributed by atoms with Crippen LogP contribution in [0.3, 0.4) is 0 Å². The van der Waals surface area contributed by atoms with Gasteiger partial charge in [-0.3, -0.25) is 4.79 Å². The van der Waals surface area contributed by atoms with Gasteiger partial charge in [-0.05, 0) is 37.1 Å². The largest absolute Gasteiger partial charge is 0.354 e. The van der Waals surface area contributed by atoms with Crippen LogP contribution >= 0.6 is 11.6 Å². The molecule has 1 aromatic heterocycles. The maximum absolute atomic E-state index is 12.0. The van der Waals surface area contributed by atoms with E-state index in [2.05, 4.69) is 20.9 Å². The van der Waals surface area contributed by atoms with Crippen molar-refractivity contribution in [3.8, 4) is 0 Å². The zero-order chi connectivity index (χ0) is 16.9. The van der Waals surface area contributed by atoms with E-state index in [1.165, 1.54) is 0 Å². The molecule has 0 saturated heterocycles. The van der Waals surface area contributed by atoms with Gasteiger partial charge in [-0.15, -0.1) is 0 Å². The van der Waals surface area contributed by atoms with Crippen molar-refractivity contribution < 1.29 is 4.79 Å². The number of nitrogens with one attached hydrogen (secondary N) is 1. The topological polar surface area (TPSA) is 46.9 Å². The van der Waals surface area contributed by atoms with Crippen LogP contribution in [0.1, 0.15) is 17.8 Å². The number of para-hydroxylation sites is 2. The molecule has 124 valence electrons. The summed E-state index contributed by atoms with van der Waals surface area (Å²) in [6.45, 7) is 3.28. The van der Waals surface area contributed by atoms with Gasteiger partial charge in [0.2, 0.25) is 5.91 Å². The van der Waals surface area contributed by atoms with Gasteiger partial charge in [0.05, 0.1) is 11.0 Å². The number of rotatable bonds is 6. The summed E-state index contributed by atoms with van der Waals surface area (Å²) in [5.41, 5.74) is 3.09. The lowest BCUT2D eigenvalue weighted by atomic mass is 10.1. The second-order valence-corrected chi connectivity index (χ2v) is 6.15. The normalized spacial score (nSPS) is 10.9. The SMILES string of the molecule is Cc1nc2ccccc2n1CCNC(=O)CCc1ccccc1Cl. The van der Waals surface area contributed by atoms with Crippen LogP contribution in [0.25, 0.3) is 11.0 Å². The number of aryl methyl sites for hydroxylation is 2. The van der Waals surface area contributed by atoms with Crippen LogP contribution in [0.5, 0.6) is 0 Å². The maximum Gasteiger partial charge on any atom is 0.220 e. The number of imidazole rings is 1. The molecule has 0 radical (unpaired) electrons. The molecule has 0 fully saturated rings. The zero-order valence-corrected chi connectivity index (χ0v) is 14.4. The van der Waals surface area contributed by atoms with Gasteiger partial charge in [-0.1, -0.05) is 41.9 Å². The lowest BCUT2D eigenvalue weighted by Gasteiger charge is -2.09. The molecule has 3 rings (SSSR count). The summed E-state index contributed by atoms with van der Waals surface area (Å²) in [7, 11) is 0. The summed E-state index contributed by atoms with van der Waals surface area (Å²) >= 11 is 6.11. The molecule has 2 aromatic carbocycles. The lowest BCUT2D eigenvalue weighted by Crippen LogP contribution is -2.27. The second kappa shape index (κ2) is 7.49. The van der Waals surface area contributed by atoms with E-state index in [9.17, 15) is 4.79 Å². The minimum absolute atomic E-state index is 0.0389. The van der Waals surface area contributed by atoms with Crippen molar-refractivity contribution in [2.45, 2.75) is 26.3 Å². The van der Waals surface area contributed by atoms with Gasteiger partial charge in [0.1, 0.15) is 5.82 Å². The summed E-state index contributed by atoms with van der Waals surface area (Å²) in [5.74, 6) is 0.999. The highest BCUT2D eigenvalue weighted by Crippen LogP contribution is 2.17. The van der Waals surface area contributed by atoms with Crippen molar-refractivity contribution >= 4 is 28.5 Å². The van der Waals surface area contributed by atoms with Crippen LogP contribution in [-0.2, 0) is 17.8 Å². The summed E-state index contributed by atoms with van der Waals surface area (Å²) in [4.78, 5) is 16.6. The van der Waals surface area contributed by atoms with Crippen LogP contribution in [0.2, 0.25) is 5.02 Å². The number of carbonyl (C=O) groups is 1. The third kappa shape index (κ3) is 3.77. The van der Waals surface area contributed by atoms with Gasteiger partial charge in [-0.25, -0.2) is 4.98 Å². The van der Waals surface area contributed by atoms with Crippen molar-refractivity contribution in [3.63, 3.8) is 0 Å². The molecule has 0 saturated carbocycles. The molecule has 0 aliphatic heterocycles. The Labute approximate surface area is 146 Å². The molecule has 0 aliphatic carbocycles. The Hall–Kier alpha value is -2.33. The quantitative estimate of drug-likeness (QED) is 0.742. The molecule has 1 N–H and O–H groups in total. The van der Waals surface area contributed by atoms with Crippen LogP contribution in [0, 0.1) is 6.92 Å². The Morgan fingerprint density at radius 1 is 1.17 bits per heavy atom. The molecule has 1 heterocycles. The first-order valence-electron chi connectivity index (χ1n) is 8.07. The number of amides is 1. The molecule has 3 aromatic rings. The Bertz CT molecular complexity index is 857. The van der Waals surface area contributed by atoms with E-state index in [0.29, 0.717) is 31.0 Å². The highest BCUT2D eigenvalue weighted by Gasteiger charge is 2.08. The summed E-state index contributed by atoms with van der Waals surface area (Å²) in [5, 5.41) is 3.69. The van der Waals surface area contributed by atoms with E-state index in [4.69, 9.17) is 11.6 Å². The molecule has 0 atom stereocenters. The van der Waals surface area contributed by atoms with E-state index in [-0.39, 0.29) is 5.91 Å². The van der Waals surface area contributed by atoms with E-state index in [1.807, 2.05) is 49.4 Å². The van der Waals surface area contributed by atoms with E-state index >= 15 is 0 Å². The number of fused-ring (bicyclic) bond motifs is 1.